The van der Waals surface area contributed by atoms with Crippen LogP contribution < -0.4 is 14.9 Å². The van der Waals surface area contributed by atoms with Crippen molar-refractivity contribution in [3.8, 4) is 62.1 Å². The lowest BCUT2D eigenvalue weighted by Gasteiger charge is -2.33. The molecule has 13 heteroatoms. The molecule has 0 radical (unpaired) electrons. The summed E-state index contributed by atoms with van der Waals surface area (Å²) in [5.41, 5.74) is 18.6. The third-order valence-corrected chi connectivity index (χ3v) is 19.2. The Morgan fingerprint density at radius 1 is 0.446 bits per heavy atom. The normalized spacial score (nSPS) is 12.7. The first kappa shape index (κ1) is 65.2. The van der Waals surface area contributed by atoms with Gasteiger partial charge in [-0.15, -0.1) is 0 Å². The van der Waals surface area contributed by atoms with Gasteiger partial charge in [0.2, 0.25) is 0 Å². The maximum Gasteiger partial charge on any atom is 0.488 e. The molecule has 0 bridgehead atoms. The van der Waals surface area contributed by atoms with Crippen LogP contribution in [-0.2, 0) is 10.8 Å². The number of halogens is 2. The molecule has 2 N–H and O–H groups in total. The number of methoxy groups -OCH3 is 2. The number of rotatable bonds is 19. The average molecular weight is 1350 g/mol. The summed E-state index contributed by atoms with van der Waals surface area (Å²) in [5.74, 6) is 2.60. The minimum atomic E-state index is -1.41. The Kier molecular flexibility index (Phi) is 21.2. The van der Waals surface area contributed by atoms with Crippen LogP contribution in [0, 0.1) is 0 Å². The van der Waals surface area contributed by atoms with E-state index in [9.17, 15) is 10.0 Å². The Labute approximate surface area is 559 Å². The Morgan fingerprint density at radius 2 is 0.967 bits per heavy atom. The summed E-state index contributed by atoms with van der Waals surface area (Å²) in [4.78, 5) is 4.50. The van der Waals surface area contributed by atoms with Gasteiger partial charge in [0.15, 0.2) is 0 Å². The minimum absolute atomic E-state index is 0.0167. The van der Waals surface area contributed by atoms with Gasteiger partial charge in [0.25, 0.3) is 0 Å². The third-order valence-electron chi connectivity index (χ3n) is 18.3. The lowest BCUT2D eigenvalue weighted by molar-refractivity contribution is 0.413. The third kappa shape index (κ3) is 13.6. The Hall–Kier alpha value is -8.33. The van der Waals surface area contributed by atoms with E-state index < -0.39 is 7.12 Å². The van der Waals surface area contributed by atoms with Gasteiger partial charge in [0, 0.05) is 62.4 Å². The van der Waals surface area contributed by atoms with E-state index in [1.165, 1.54) is 136 Å². The van der Waals surface area contributed by atoms with Gasteiger partial charge in [-0.25, -0.2) is 14.3 Å². The van der Waals surface area contributed by atoms with Crippen molar-refractivity contribution in [3.63, 3.8) is 0 Å². The highest BCUT2D eigenvalue weighted by Crippen LogP contribution is 2.56. The van der Waals surface area contributed by atoms with Gasteiger partial charge in [-0.2, -0.15) is 10.2 Å². The molecule has 2 aliphatic carbocycles. The van der Waals surface area contributed by atoms with Crippen molar-refractivity contribution in [2.75, 3.05) is 14.2 Å². The summed E-state index contributed by atoms with van der Waals surface area (Å²) in [6.07, 6.45) is 23.9. The largest absolute Gasteiger partial charge is 0.497 e. The number of nitrogens with zero attached hydrogens (tertiary/aromatic N) is 6. The minimum Gasteiger partial charge on any atom is -0.497 e. The molecule has 8 aromatic carbocycles. The van der Waals surface area contributed by atoms with Crippen LogP contribution in [0.2, 0.25) is 0 Å². The number of hydrogen-bond acceptors (Lipinski definition) is 7. The molecule has 0 fully saturated rings. The number of aromatic nitrogens is 6. The number of hydrogen-bond donors (Lipinski definition) is 2. The molecule has 0 saturated carbocycles. The summed E-state index contributed by atoms with van der Waals surface area (Å²) >= 11 is 6.91. The van der Waals surface area contributed by atoms with Gasteiger partial charge in [-0.1, -0.05) is 216 Å². The highest BCUT2D eigenvalue weighted by molar-refractivity contribution is 9.10. The van der Waals surface area contributed by atoms with Crippen molar-refractivity contribution >= 4 is 66.2 Å². The van der Waals surface area contributed by atoms with Crippen molar-refractivity contribution < 1.29 is 19.5 Å². The van der Waals surface area contributed by atoms with E-state index in [1.807, 2.05) is 96.1 Å². The topological polar surface area (TPSA) is 112 Å². The van der Waals surface area contributed by atoms with Crippen LogP contribution in [0.15, 0.2) is 234 Å². The van der Waals surface area contributed by atoms with Crippen LogP contribution in [0.5, 0.6) is 11.5 Å². The quantitative estimate of drug-likeness (QED) is 0.0776. The van der Waals surface area contributed by atoms with Gasteiger partial charge in [-0.3, -0.25) is 4.57 Å². The highest BCUT2D eigenvalue weighted by Gasteiger charge is 2.43. The summed E-state index contributed by atoms with van der Waals surface area (Å²) < 4.78 is 18.5. The summed E-state index contributed by atoms with van der Waals surface area (Å²) in [6, 6.07) is 67.4. The second-order valence-corrected chi connectivity index (χ2v) is 25.8. The molecule has 2 aliphatic rings. The second-order valence-electron chi connectivity index (χ2n) is 24.0. The van der Waals surface area contributed by atoms with E-state index in [0.29, 0.717) is 5.46 Å². The van der Waals surface area contributed by atoms with Crippen LogP contribution in [0.25, 0.3) is 72.4 Å². The zero-order chi connectivity index (χ0) is 64.2. The van der Waals surface area contributed by atoms with Crippen molar-refractivity contribution in [1.82, 2.24) is 29.1 Å². The standard InChI is InChI=1S/C31H34N2O.C21H27BO2.C17H11BrN2.C10H9BrN2O/c1-4-6-17-31(18-7-5-2)29-14-9-8-13-27(29)28-16-15-23(19-30(28)31)24-21-32-33(22-24)25-11-10-12-26(20-25)34-3;1-3-5-13-21(14-6-4-2)19-10-8-7-9-17(19)18-12-11-16(22(23)24)15-20(18)21;18-12-8-9-14-13-5-1-2-6-15(13)20(16(14)11-12)17-7-3-4-10-19-17;1-14-10-4-2-3-9(5-10)13-7-8(11)6-12-13/h8-16,19-22H,4-7,17-18H2,1-3H3;7-12,15,23-24H,3-6,13-14H2,1-2H3;1-11H;2-7H,1H3. The van der Waals surface area contributed by atoms with Crippen molar-refractivity contribution in [2.24, 2.45) is 0 Å². The van der Waals surface area contributed by atoms with E-state index in [1.54, 1.807) is 25.1 Å². The number of fused-ring (bicyclic) bond motifs is 9. The molecule has 0 saturated heterocycles. The first-order chi connectivity index (χ1) is 45.0. The molecule has 468 valence electrons. The predicted octanol–water partition coefficient (Wildman–Crippen LogP) is 19.8. The number of benzene rings is 8. The van der Waals surface area contributed by atoms with E-state index in [-0.39, 0.29) is 10.8 Å². The maximum absolute atomic E-state index is 9.65. The van der Waals surface area contributed by atoms with Crippen molar-refractivity contribution in [2.45, 2.75) is 116 Å². The van der Waals surface area contributed by atoms with Gasteiger partial charge in [-0.05, 0) is 158 Å². The van der Waals surface area contributed by atoms with Gasteiger partial charge < -0.3 is 19.5 Å². The fourth-order valence-corrected chi connectivity index (χ4v) is 14.4. The first-order valence-electron chi connectivity index (χ1n) is 32.5. The van der Waals surface area contributed by atoms with E-state index in [4.69, 9.17) is 9.47 Å². The van der Waals surface area contributed by atoms with Gasteiger partial charge in [0.05, 0.1) is 53.5 Å². The Balaban J connectivity index is 0.000000132. The lowest BCUT2D eigenvalue weighted by atomic mass is 9.69. The number of unbranched alkanes of at least 4 members (excludes halogenated alkanes) is 4. The second kappa shape index (κ2) is 30.0. The molecule has 4 aromatic heterocycles. The van der Waals surface area contributed by atoms with Crippen molar-refractivity contribution in [1.29, 1.82) is 0 Å². The van der Waals surface area contributed by atoms with E-state index in [0.717, 1.165) is 56.0 Å². The predicted molar refractivity (Wildman–Crippen MR) is 386 cm³/mol. The van der Waals surface area contributed by atoms with Gasteiger partial charge >= 0.3 is 7.12 Å². The van der Waals surface area contributed by atoms with Crippen LogP contribution in [0.4, 0.5) is 0 Å². The monoisotopic (exact) mass is 1350 g/mol. The zero-order valence-corrected chi connectivity index (χ0v) is 56.7. The van der Waals surface area contributed by atoms with Crippen LogP contribution >= 0.6 is 31.9 Å². The smallest absolute Gasteiger partial charge is 0.488 e. The fraction of sp³-hybridized carbons (Fsp3) is 0.253. The highest BCUT2D eigenvalue weighted by atomic mass is 79.9. The lowest BCUT2D eigenvalue weighted by Crippen LogP contribution is -2.32. The SMILES string of the molecule is Brc1ccc2c3ccccc3n(-c3ccccn3)c2c1.CCCCC1(CCCC)c2ccccc2-c2ccc(-c3cnn(-c4cccc(OC)c4)c3)cc21.CCCCC1(CCCC)c2ccccc2-c2ccc(B(O)O)cc21.COc1cccc(-n2cc(Br)cn2)c1. The van der Waals surface area contributed by atoms with Crippen LogP contribution in [0.3, 0.4) is 0 Å². The zero-order valence-electron chi connectivity index (χ0n) is 53.6. The van der Waals surface area contributed by atoms with Crippen molar-refractivity contribution in [3.05, 3.63) is 256 Å². The van der Waals surface area contributed by atoms with E-state index >= 15 is 0 Å². The first-order valence-corrected chi connectivity index (χ1v) is 34.1. The Bertz CT molecular complexity index is 4430. The van der Waals surface area contributed by atoms with Crippen LogP contribution in [-0.4, -0.2) is 60.5 Å². The molecule has 0 aliphatic heterocycles. The van der Waals surface area contributed by atoms with Crippen LogP contribution in [0.1, 0.15) is 127 Å². The molecule has 0 spiro atoms. The molecule has 0 amide bonds. The number of para-hydroxylation sites is 1. The van der Waals surface area contributed by atoms with E-state index in [2.05, 4.69) is 207 Å². The molecule has 0 unspecified atom stereocenters. The summed E-state index contributed by atoms with van der Waals surface area (Å²) in [7, 11) is 1.94. The maximum atomic E-state index is 9.65. The molecule has 92 heavy (non-hydrogen) atoms. The number of pyridine rings is 1. The molecule has 14 rings (SSSR count). The molecule has 10 nitrogen and oxygen atoms in total. The molecule has 12 aromatic rings. The van der Waals surface area contributed by atoms with Gasteiger partial charge in [0.1, 0.15) is 17.3 Å². The molecule has 0 atom stereocenters. The number of ether oxygens (including phenoxy) is 2. The summed E-state index contributed by atoms with van der Waals surface area (Å²) in [5, 5.41) is 30.6. The fourth-order valence-electron chi connectivity index (χ4n) is 13.7. The average Bonchev–Trinajstić information content (AvgIpc) is 1.58. The Morgan fingerprint density at radius 3 is 1.52 bits per heavy atom. The molecular formula is C79H81BBr2N6O4. The summed E-state index contributed by atoms with van der Waals surface area (Å²) in [6.45, 7) is 9.09. The molecule has 4 heterocycles. The molecular weight excluding hydrogens is 1270 g/mol.